The lowest BCUT2D eigenvalue weighted by atomic mass is 10.0. The third-order valence-corrected chi connectivity index (χ3v) is 1.49. The summed E-state index contributed by atoms with van der Waals surface area (Å²) in [5, 5.41) is 12.0. The molecule has 1 aliphatic heterocycles. The Bertz CT molecular complexity index is 176. The van der Waals surface area contributed by atoms with E-state index in [9.17, 15) is 4.79 Å². The minimum Gasteiger partial charge on any atom is -0.396 e. The molecule has 1 heterocycles. The molecule has 0 amide bonds. The van der Waals surface area contributed by atoms with Gasteiger partial charge in [0.15, 0.2) is 0 Å². The van der Waals surface area contributed by atoms with Crippen LogP contribution in [0.1, 0.15) is 13.3 Å². The van der Waals surface area contributed by atoms with Gasteiger partial charge in [0.1, 0.15) is 5.92 Å². The summed E-state index contributed by atoms with van der Waals surface area (Å²) in [4.78, 5) is 15.1. The van der Waals surface area contributed by atoms with Gasteiger partial charge in [-0.1, -0.05) is 5.16 Å². The molecule has 0 saturated heterocycles. The molecule has 1 N–H and O–H groups in total. The van der Waals surface area contributed by atoms with E-state index >= 15 is 0 Å². The molecule has 0 spiro atoms. The summed E-state index contributed by atoms with van der Waals surface area (Å²) in [7, 11) is 0. The van der Waals surface area contributed by atoms with Gasteiger partial charge in [0, 0.05) is 6.61 Å². The summed E-state index contributed by atoms with van der Waals surface area (Å²) in [5.74, 6) is -0.670. The molecule has 4 nitrogen and oxygen atoms in total. The van der Waals surface area contributed by atoms with Crippen LogP contribution >= 0.6 is 0 Å². The lowest BCUT2D eigenvalue weighted by molar-refractivity contribution is -0.143. The fourth-order valence-electron chi connectivity index (χ4n) is 0.871. The number of oxime groups is 1. The second kappa shape index (κ2) is 2.79. The maximum absolute atomic E-state index is 10.7. The number of rotatable bonds is 2. The number of carbonyl (C=O) groups excluding carboxylic acids is 1. The SMILES string of the molecule is CC1=NOC(=O)C1CCO. The minimum atomic E-state index is -0.355. The molecule has 1 rings (SSSR count). The van der Waals surface area contributed by atoms with Crippen LogP contribution in [0.15, 0.2) is 5.16 Å². The Labute approximate surface area is 58.5 Å². The zero-order valence-corrected chi connectivity index (χ0v) is 5.70. The maximum Gasteiger partial charge on any atom is 0.343 e. The summed E-state index contributed by atoms with van der Waals surface area (Å²) >= 11 is 0. The van der Waals surface area contributed by atoms with E-state index in [0.717, 1.165) is 0 Å². The molecule has 0 aliphatic carbocycles. The Hall–Kier alpha value is -0.900. The van der Waals surface area contributed by atoms with Crippen molar-refractivity contribution < 1.29 is 14.7 Å². The Morgan fingerprint density at radius 1 is 1.80 bits per heavy atom. The summed E-state index contributed by atoms with van der Waals surface area (Å²) in [6.45, 7) is 1.71. The van der Waals surface area contributed by atoms with Crippen LogP contribution < -0.4 is 0 Å². The van der Waals surface area contributed by atoms with E-state index in [0.29, 0.717) is 12.1 Å². The molecular weight excluding hydrogens is 134 g/mol. The van der Waals surface area contributed by atoms with Gasteiger partial charge >= 0.3 is 5.97 Å². The minimum absolute atomic E-state index is 0.00731. The molecule has 0 aromatic rings. The Morgan fingerprint density at radius 3 is 2.90 bits per heavy atom. The average Bonchev–Trinajstić information content (AvgIpc) is 2.20. The molecule has 0 radical (unpaired) electrons. The van der Waals surface area contributed by atoms with Crippen molar-refractivity contribution in [3.8, 4) is 0 Å². The lowest BCUT2D eigenvalue weighted by Gasteiger charge is -2.00. The van der Waals surface area contributed by atoms with Crippen LogP contribution in [0.2, 0.25) is 0 Å². The quantitative estimate of drug-likeness (QED) is 0.550. The Kier molecular flexibility index (Phi) is 2.01. The number of carbonyl (C=O) groups is 1. The third-order valence-electron chi connectivity index (χ3n) is 1.49. The number of aliphatic hydroxyl groups excluding tert-OH is 1. The van der Waals surface area contributed by atoms with Crippen LogP contribution in [0.5, 0.6) is 0 Å². The summed E-state index contributed by atoms with van der Waals surface area (Å²) in [6, 6.07) is 0. The van der Waals surface area contributed by atoms with Crippen LogP contribution in [0, 0.1) is 5.92 Å². The summed E-state index contributed by atoms with van der Waals surface area (Å²) in [6.07, 6.45) is 0.411. The third kappa shape index (κ3) is 1.16. The fraction of sp³-hybridized carbons (Fsp3) is 0.667. The first-order valence-electron chi connectivity index (χ1n) is 3.12. The van der Waals surface area contributed by atoms with Gasteiger partial charge in [0.05, 0.1) is 5.71 Å². The van der Waals surface area contributed by atoms with Crippen molar-refractivity contribution >= 4 is 11.7 Å². The second-order valence-corrected chi connectivity index (χ2v) is 2.21. The maximum atomic E-state index is 10.7. The van der Waals surface area contributed by atoms with Crippen molar-refractivity contribution in [2.45, 2.75) is 13.3 Å². The van der Waals surface area contributed by atoms with Gasteiger partial charge in [0.25, 0.3) is 0 Å². The lowest BCUT2D eigenvalue weighted by Crippen LogP contribution is -2.17. The molecule has 0 aromatic heterocycles. The highest BCUT2D eigenvalue weighted by Crippen LogP contribution is 2.14. The predicted octanol–water partition coefficient (Wildman–Crippen LogP) is -0.0823. The van der Waals surface area contributed by atoms with Gasteiger partial charge in [-0.25, -0.2) is 4.79 Å². The van der Waals surface area contributed by atoms with Crippen LogP contribution in [0.3, 0.4) is 0 Å². The van der Waals surface area contributed by atoms with E-state index in [1.54, 1.807) is 6.92 Å². The van der Waals surface area contributed by atoms with Crippen molar-refractivity contribution in [1.82, 2.24) is 0 Å². The molecule has 56 valence electrons. The number of nitrogens with zero attached hydrogens (tertiary/aromatic N) is 1. The van der Waals surface area contributed by atoms with Gasteiger partial charge in [-0.3, -0.25) is 0 Å². The summed E-state index contributed by atoms with van der Waals surface area (Å²) < 4.78 is 0. The van der Waals surface area contributed by atoms with Gasteiger partial charge in [0.2, 0.25) is 0 Å². The number of hydrogen-bond acceptors (Lipinski definition) is 4. The molecule has 1 atom stereocenters. The van der Waals surface area contributed by atoms with Gasteiger partial charge < -0.3 is 9.94 Å². The predicted molar refractivity (Wildman–Crippen MR) is 34.4 cm³/mol. The Morgan fingerprint density at radius 2 is 2.50 bits per heavy atom. The van der Waals surface area contributed by atoms with Gasteiger partial charge in [-0.15, -0.1) is 0 Å². The standard InChI is InChI=1S/C6H9NO3/c1-4-5(2-3-8)6(9)10-7-4/h5,8H,2-3H2,1H3. The first kappa shape index (κ1) is 7.21. The van der Waals surface area contributed by atoms with Gasteiger partial charge in [-0.05, 0) is 13.3 Å². The van der Waals surface area contributed by atoms with Crippen molar-refractivity contribution in [2.24, 2.45) is 11.1 Å². The molecule has 10 heavy (non-hydrogen) atoms. The Balaban J connectivity index is 2.56. The molecular formula is C6H9NO3. The fourth-order valence-corrected chi connectivity index (χ4v) is 0.871. The summed E-state index contributed by atoms with van der Waals surface area (Å²) in [5.41, 5.74) is 0.652. The molecule has 0 saturated carbocycles. The highest BCUT2D eigenvalue weighted by Gasteiger charge is 2.28. The number of aliphatic hydroxyl groups is 1. The monoisotopic (exact) mass is 143 g/mol. The van der Waals surface area contributed by atoms with Crippen molar-refractivity contribution in [1.29, 1.82) is 0 Å². The average molecular weight is 143 g/mol. The smallest absolute Gasteiger partial charge is 0.343 e. The van der Waals surface area contributed by atoms with Crippen LogP contribution in [0.4, 0.5) is 0 Å². The number of hydrogen-bond donors (Lipinski definition) is 1. The van der Waals surface area contributed by atoms with Crippen molar-refractivity contribution in [2.75, 3.05) is 6.61 Å². The molecule has 0 aromatic carbocycles. The van der Waals surface area contributed by atoms with Crippen molar-refractivity contribution in [3.05, 3.63) is 0 Å². The zero-order valence-electron chi connectivity index (χ0n) is 5.70. The van der Waals surface area contributed by atoms with E-state index in [2.05, 4.69) is 9.99 Å². The van der Waals surface area contributed by atoms with E-state index in [4.69, 9.17) is 5.11 Å². The van der Waals surface area contributed by atoms with Crippen molar-refractivity contribution in [3.63, 3.8) is 0 Å². The molecule has 0 bridgehead atoms. The first-order valence-corrected chi connectivity index (χ1v) is 3.12. The second-order valence-electron chi connectivity index (χ2n) is 2.21. The molecule has 4 heteroatoms. The molecule has 1 unspecified atom stereocenters. The van der Waals surface area contributed by atoms with Crippen LogP contribution in [-0.2, 0) is 9.63 Å². The molecule has 0 fully saturated rings. The topological polar surface area (TPSA) is 58.9 Å². The first-order chi connectivity index (χ1) is 4.75. The normalized spacial score (nSPS) is 24.4. The van der Waals surface area contributed by atoms with Crippen LogP contribution in [-0.4, -0.2) is 23.4 Å². The van der Waals surface area contributed by atoms with E-state index in [1.807, 2.05) is 0 Å². The highest BCUT2D eigenvalue weighted by atomic mass is 16.7. The largest absolute Gasteiger partial charge is 0.396 e. The zero-order chi connectivity index (χ0) is 7.56. The van der Waals surface area contributed by atoms with E-state index in [-0.39, 0.29) is 18.5 Å². The van der Waals surface area contributed by atoms with E-state index < -0.39 is 0 Å². The molecule has 1 aliphatic rings. The van der Waals surface area contributed by atoms with E-state index in [1.165, 1.54) is 0 Å². The van der Waals surface area contributed by atoms with Crippen LogP contribution in [0.25, 0.3) is 0 Å². The highest BCUT2D eigenvalue weighted by molar-refractivity contribution is 6.03. The van der Waals surface area contributed by atoms with Gasteiger partial charge in [-0.2, -0.15) is 0 Å².